The van der Waals surface area contributed by atoms with E-state index in [1.54, 1.807) is 0 Å². The zero-order chi connectivity index (χ0) is 20.7. The molecule has 1 saturated carbocycles. The van der Waals surface area contributed by atoms with Crippen LogP contribution in [0.3, 0.4) is 0 Å². The van der Waals surface area contributed by atoms with Crippen molar-refractivity contribution in [1.29, 1.82) is 0 Å². The minimum absolute atomic E-state index is 0. The molecule has 1 fully saturated rings. The summed E-state index contributed by atoms with van der Waals surface area (Å²) >= 11 is 0. The van der Waals surface area contributed by atoms with Gasteiger partial charge in [-0.3, -0.25) is 9.67 Å². The molecule has 8 heteroatoms. The lowest BCUT2D eigenvalue weighted by molar-refractivity contribution is -0.113. The summed E-state index contributed by atoms with van der Waals surface area (Å²) in [7, 11) is 6.12. The maximum atomic E-state index is 6.08. The molecule has 7 nitrogen and oxygen atoms in total. The van der Waals surface area contributed by atoms with Crippen LogP contribution < -0.4 is 10.6 Å². The molecule has 1 heterocycles. The first-order valence-corrected chi connectivity index (χ1v) is 10.6. The molecule has 0 radical (unpaired) electrons. The number of unbranched alkanes of at least 4 members (excludes halogenated alkanes) is 1. The summed E-state index contributed by atoms with van der Waals surface area (Å²) in [6.45, 7) is 11.3. The van der Waals surface area contributed by atoms with Gasteiger partial charge in [0.25, 0.3) is 0 Å². The van der Waals surface area contributed by atoms with Crippen molar-refractivity contribution in [3.05, 3.63) is 18.0 Å². The standard InChI is InChI=1S/C21H40N6O.HI/c1-8-10-11-28-19-12-18(21(19,3)4)25-20(22-9-2)23-14-17(26(5)6)16-13-24-27(7)15-16;/h13,15,17-19H,8-12,14H2,1-7H3,(H2,22,23,25);1H. The Bertz CT molecular complexity index is 630. The van der Waals surface area contributed by atoms with Crippen LogP contribution in [0.15, 0.2) is 17.4 Å². The Morgan fingerprint density at radius 3 is 2.66 bits per heavy atom. The Morgan fingerprint density at radius 1 is 1.41 bits per heavy atom. The molecule has 29 heavy (non-hydrogen) atoms. The normalized spacial score (nSPS) is 22.0. The second-order valence-corrected chi connectivity index (χ2v) is 8.61. The first-order chi connectivity index (χ1) is 13.3. The average Bonchev–Trinajstić information content (AvgIpc) is 3.06. The van der Waals surface area contributed by atoms with Crippen molar-refractivity contribution in [2.45, 2.75) is 65.1 Å². The van der Waals surface area contributed by atoms with E-state index in [1.807, 2.05) is 17.9 Å². The van der Waals surface area contributed by atoms with E-state index in [4.69, 9.17) is 9.73 Å². The van der Waals surface area contributed by atoms with Gasteiger partial charge in [-0.2, -0.15) is 5.10 Å². The van der Waals surface area contributed by atoms with E-state index in [1.165, 1.54) is 12.0 Å². The van der Waals surface area contributed by atoms with Crippen molar-refractivity contribution >= 4 is 29.9 Å². The minimum atomic E-state index is 0. The molecule has 0 bridgehead atoms. The third-order valence-corrected chi connectivity index (χ3v) is 5.81. The topological polar surface area (TPSA) is 66.7 Å². The highest BCUT2D eigenvalue weighted by Crippen LogP contribution is 2.42. The third kappa shape index (κ3) is 7.10. The number of aryl methyl sites for hydroxylation is 1. The van der Waals surface area contributed by atoms with E-state index < -0.39 is 0 Å². The smallest absolute Gasteiger partial charge is 0.191 e. The molecule has 0 saturated heterocycles. The van der Waals surface area contributed by atoms with E-state index in [-0.39, 0.29) is 35.4 Å². The number of aromatic nitrogens is 2. The van der Waals surface area contributed by atoms with Gasteiger partial charge >= 0.3 is 0 Å². The second kappa shape index (κ2) is 12.1. The van der Waals surface area contributed by atoms with Crippen molar-refractivity contribution in [3.63, 3.8) is 0 Å². The van der Waals surface area contributed by atoms with E-state index in [0.29, 0.717) is 18.7 Å². The van der Waals surface area contributed by atoms with Gasteiger partial charge in [-0.05, 0) is 33.9 Å². The van der Waals surface area contributed by atoms with Gasteiger partial charge in [-0.1, -0.05) is 27.2 Å². The lowest BCUT2D eigenvalue weighted by atomic mass is 9.64. The monoisotopic (exact) mass is 520 g/mol. The van der Waals surface area contributed by atoms with Gasteiger partial charge in [0.05, 0.1) is 24.9 Å². The molecule has 0 amide bonds. The van der Waals surface area contributed by atoms with Crippen LogP contribution >= 0.6 is 24.0 Å². The van der Waals surface area contributed by atoms with E-state index in [0.717, 1.165) is 32.0 Å². The molecule has 3 unspecified atom stereocenters. The molecule has 3 atom stereocenters. The fraction of sp³-hybridized carbons (Fsp3) is 0.810. The predicted octanol–water partition coefficient (Wildman–Crippen LogP) is 3.18. The van der Waals surface area contributed by atoms with E-state index >= 15 is 0 Å². The number of guanidine groups is 1. The summed E-state index contributed by atoms with van der Waals surface area (Å²) in [6, 6.07) is 0.566. The van der Waals surface area contributed by atoms with Crippen molar-refractivity contribution in [3.8, 4) is 0 Å². The van der Waals surface area contributed by atoms with Crippen LogP contribution in [0.1, 0.15) is 58.6 Å². The molecular weight excluding hydrogens is 479 g/mol. The van der Waals surface area contributed by atoms with Crippen LogP contribution in [0.4, 0.5) is 0 Å². The Labute approximate surface area is 194 Å². The molecule has 1 aliphatic carbocycles. The highest BCUT2D eigenvalue weighted by atomic mass is 127. The number of rotatable bonds is 10. The number of hydrogen-bond acceptors (Lipinski definition) is 4. The van der Waals surface area contributed by atoms with Crippen molar-refractivity contribution in [2.75, 3.05) is 33.8 Å². The number of nitrogens with one attached hydrogen (secondary N) is 2. The fourth-order valence-electron chi connectivity index (χ4n) is 3.63. The van der Waals surface area contributed by atoms with E-state index in [9.17, 15) is 0 Å². The molecule has 0 aliphatic heterocycles. The van der Waals surface area contributed by atoms with Gasteiger partial charge in [-0.15, -0.1) is 24.0 Å². The summed E-state index contributed by atoms with van der Waals surface area (Å²) in [5, 5.41) is 11.3. The van der Waals surface area contributed by atoms with E-state index in [2.05, 4.69) is 68.6 Å². The first-order valence-electron chi connectivity index (χ1n) is 10.6. The molecular formula is C21H41IN6O. The number of aliphatic imine (C=N–C) groups is 1. The summed E-state index contributed by atoms with van der Waals surface area (Å²) in [5.74, 6) is 0.878. The van der Waals surface area contributed by atoms with Gasteiger partial charge in [0.2, 0.25) is 0 Å². The number of likely N-dealkylation sites (N-methyl/N-ethyl adjacent to an activating group) is 1. The van der Waals surface area contributed by atoms with Crippen LogP contribution in [-0.4, -0.2) is 66.6 Å². The minimum Gasteiger partial charge on any atom is -0.378 e. The van der Waals surface area contributed by atoms with Gasteiger partial charge in [-0.25, -0.2) is 0 Å². The molecule has 0 aromatic carbocycles. The summed E-state index contributed by atoms with van der Waals surface area (Å²) in [5.41, 5.74) is 1.29. The van der Waals surface area contributed by atoms with Gasteiger partial charge in [0, 0.05) is 43.4 Å². The molecule has 0 spiro atoms. The third-order valence-electron chi connectivity index (χ3n) is 5.81. The summed E-state index contributed by atoms with van der Waals surface area (Å²) in [6.07, 6.45) is 7.65. The number of ether oxygens (including phenoxy) is 1. The highest BCUT2D eigenvalue weighted by Gasteiger charge is 2.49. The lowest BCUT2D eigenvalue weighted by Gasteiger charge is -2.52. The molecule has 1 aromatic heterocycles. The lowest BCUT2D eigenvalue weighted by Crippen LogP contribution is -2.63. The second-order valence-electron chi connectivity index (χ2n) is 8.61. The maximum absolute atomic E-state index is 6.08. The molecule has 168 valence electrons. The fourth-order valence-corrected chi connectivity index (χ4v) is 3.63. The number of hydrogen-bond donors (Lipinski definition) is 2. The summed E-state index contributed by atoms with van der Waals surface area (Å²) in [4.78, 5) is 7.07. The Hall–Kier alpha value is -0.870. The van der Waals surface area contributed by atoms with Gasteiger partial charge < -0.3 is 20.3 Å². The average molecular weight is 521 g/mol. The van der Waals surface area contributed by atoms with Gasteiger partial charge in [0.1, 0.15) is 0 Å². The highest BCUT2D eigenvalue weighted by molar-refractivity contribution is 14.0. The van der Waals surface area contributed by atoms with Crippen LogP contribution in [0.2, 0.25) is 0 Å². The molecule has 1 aliphatic rings. The quantitative estimate of drug-likeness (QED) is 0.215. The van der Waals surface area contributed by atoms with Crippen molar-refractivity contribution in [2.24, 2.45) is 17.5 Å². The summed E-state index contributed by atoms with van der Waals surface area (Å²) < 4.78 is 7.92. The zero-order valence-corrected chi connectivity index (χ0v) is 21.6. The molecule has 2 rings (SSSR count). The van der Waals surface area contributed by atoms with Crippen LogP contribution in [0.5, 0.6) is 0 Å². The molecule has 2 N–H and O–H groups in total. The zero-order valence-electron chi connectivity index (χ0n) is 19.2. The molecule has 1 aromatic rings. The van der Waals surface area contributed by atoms with Gasteiger partial charge in [0.15, 0.2) is 5.96 Å². The first kappa shape index (κ1) is 26.2. The van der Waals surface area contributed by atoms with Crippen LogP contribution in [0.25, 0.3) is 0 Å². The number of nitrogens with zero attached hydrogens (tertiary/aromatic N) is 4. The van der Waals surface area contributed by atoms with Crippen LogP contribution in [0, 0.1) is 5.41 Å². The van der Waals surface area contributed by atoms with Crippen LogP contribution in [-0.2, 0) is 11.8 Å². The number of halogens is 1. The Morgan fingerprint density at radius 2 is 2.14 bits per heavy atom. The Balaban J connectivity index is 0.00000420. The maximum Gasteiger partial charge on any atom is 0.191 e. The van der Waals surface area contributed by atoms with Crippen molar-refractivity contribution in [1.82, 2.24) is 25.3 Å². The van der Waals surface area contributed by atoms with Crippen molar-refractivity contribution < 1.29 is 4.74 Å². The SMILES string of the molecule is CCCCOC1CC(NC(=NCC(c2cnn(C)c2)N(C)C)NCC)C1(C)C.I. The predicted molar refractivity (Wildman–Crippen MR) is 131 cm³/mol. The largest absolute Gasteiger partial charge is 0.378 e. The Kier molecular flexibility index (Phi) is 10.9.